The molecule has 0 spiro atoms. The first kappa shape index (κ1) is 11.5. The number of pyridine rings is 2. The number of rotatable bonds is 4. The van der Waals surface area contributed by atoms with Gasteiger partial charge in [-0.05, 0) is 36.1 Å². The number of hydrogen-bond donors (Lipinski definition) is 2. The van der Waals surface area contributed by atoms with Gasteiger partial charge in [-0.1, -0.05) is 12.1 Å². The Morgan fingerprint density at radius 1 is 1.12 bits per heavy atom. The SMILES string of the molecule is Nc1ncccc1CC(N)Cc1cccnc1. The quantitative estimate of drug-likeness (QED) is 0.823. The van der Waals surface area contributed by atoms with E-state index in [2.05, 4.69) is 9.97 Å². The van der Waals surface area contributed by atoms with Gasteiger partial charge in [0.1, 0.15) is 5.82 Å². The Morgan fingerprint density at radius 2 is 1.94 bits per heavy atom. The van der Waals surface area contributed by atoms with E-state index in [4.69, 9.17) is 11.5 Å². The molecule has 1 unspecified atom stereocenters. The fourth-order valence-electron chi connectivity index (χ4n) is 1.80. The summed E-state index contributed by atoms with van der Waals surface area (Å²) in [6, 6.07) is 7.82. The summed E-state index contributed by atoms with van der Waals surface area (Å²) in [5, 5.41) is 0. The molecule has 1 atom stereocenters. The maximum absolute atomic E-state index is 6.10. The molecule has 0 aliphatic heterocycles. The first-order chi connectivity index (χ1) is 8.25. The van der Waals surface area contributed by atoms with E-state index < -0.39 is 0 Å². The van der Waals surface area contributed by atoms with Gasteiger partial charge in [-0.3, -0.25) is 4.98 Å². The average Bonchev–Trinajstić information content (AvgIpc) is 2.33. The van der Waals surface area contributed by atoms with Gasteiger partial charge in [0.05, 0.1) is 0 Å². The third-order valence-corrected chi connectivity index (χ3v) is 2.63. The largest absolute Gasteiger partial charge is 0.383 e. The molecule has 2 aromatic heterocycles. The van der Waals surface area contributed by atoms with Crippen molar-refractivity contribution in [2.75, 3.05) is 5.73 Å². The van der Waals surface area contributed by atoms with Crippen molar-refractivity contribution in [3.8, 4) is 0 Å². The van der Waals surface area contributed by atoms with Crippen LogP contribution in [0.25, 0.3) is 0 Å². The van der Waals surface area contributed by atoms with E-state index in [0.29, 0.717) is 5.82 Å². The Bertz CT molecular complexity index is 470. The fraction of sp³-hybridized carbons (Fsp3) is 0.231. The summed E-state index contributed by atoms with van der Waals surface area (Å²) in [5.74, 6) is 0.564. The van der Waals surface area contributed by atoms with Crippen LogP contribution in [-0.2, 0) is 12.8 Å². The molecule has 4 nitrogen and oxygen atoms in total. The molecule has 0 bridgehead atoms. The zero-order valence-corrected chi connectivity index (χ0v) is 9.58. The molecule has 0 radical (unpaired) electrons. The molecule has 0 fully saturated rings. The molecule has 17 heavy (non-hydrogen) atoms. The molecule has 0 saturated carbocycles. The van der Waals surface area contributed by atoms with Crippen molar-refractivity contribution >= 4 is 5.82 Å². The van der Waals surface area contributed by atoms with Gasteiger partial charge in [0.2, 0.25) is 0 Å². The maximum atomic E-state index is 6.10. The van der Waals surface area contributed by atoms with E-state index in [-0.39, 0.29) is 6.04 Å². The van der Waals surface area contributed by atoms with Crippen molar-refractivity contribution in [2.24, 2.45) is 5.73 Å². The highest BCUT2D eigenvalue weighted by Crippen LogP contribution is 2.11. The van der Waals surface area contributed by atoms with Crippen molar-refractivity contribution in [3.63, 3.8) is 0 Å². The zero-order chi connectivity index (χ0) is 12.1. The van der Waals surface area contributed by atoms with E-state index in [1.807, 2.05) is 30.5 Å². The highest BCUT2D eigenvalue weighted by molar-refractivity contribution is 5.39. The molecule has 4 N–H and O–H groups in total. The Morgan fingerprint density at radius 3 is 2.65 bits per heavy atom. The van der Waals surface area contributed by atoms with E-state index >= 15 is 0 Å². The summed E-state index contributed by atoms with van der Waals surface area (Å²) >= 11 is 0. The molecule has 2 aromatic rings. The van der Waals surface area contributed by atoms with Crippen LogP contribution in [0.3, 0.4) is 0 Å². The van der Waals surface area contributed by atoms with Gasteiger partial charge < -0.3 is 11.5 Å². The van der Waals surface area contributed by atoms with Crippen LogP contribution in [0.15, 0.2) is 42.9 Å². The third-order valence-electron chi connectivity index (χ3n) is 2.63. The standard InChI is InChI=1S/C13H16N4/c14-12(7-10-3-1-5-16-9-10)8-11-4-2-6-17-13(11)15/h1-6,9,12H,7-8,14H2,(H2,15,17). The third kappa shape index (κ3) is 3.26. The minimum atomic E-state index is 0.0331. The summed E-state index contributed by atoms with van der Waals surface area (Å²) in [6.45, 7) is 0. The topological polar surface area (TPSA) is 77.8 Å². The van der Waals surface area contributed by atoms with Crippen LogP contribution < -0.4 is 11.5 Å². The first-order valence-electron chi connectivity index (χ1n) is 5.59. The van der Waals surface area contributed by atoms with Crippen LogP contribution in [0.5, 0.6) is 0 Å². The molecule has 2 rings (SSSR count). The monoisotopic (exact) mass is 228 g/mol. The van der Waals surface area contributed by atoms with Gasteiger partial charge >= 0.3 is 0 Å². The van der Waals surface area contributed by atoms with Gasteiger partial charge in [-0.2, -0.15) is 0 Å². The van der Waals surface area contributed by atoms with Crippen LogP contribution in [0.4, 0.5) is 5.82 Å². The summed E-state index contributed by atoms with van der Waals surface area (Å²) < 4.78 is 0. The average molecular weight is 228 g/mol. The zero-order valence-electron chi connectivity index (χ0n) is 9.58. The molecular weight excluding hydrogens is 212 g/mol. The van der Waals surface area contributed by atoms with Crippen molar-refractivity contribution in [1.29, 1.82) is 0 Å². The van der Waals surface area contributed by atoms with Gasteiger partial charge in [0.15, 0.2) is 0 Å². The minimum Gasteiger partial charge on any atom is -0.383 e. The molecule has 0 aliphatic carbocycles. The second kappa shape index (κ2) is 5.41. The van der Waals surface area contributed by atoms with E-state index in [0.717, 1.165) is 24.0 Å². The summed E-state index contributed by atoms with van der Waals surface area (Å²) in [4.78, 5) is 8.12. The predicted octanol–water partition coefficient (Wildman–Crippen LogP) is 1.17. The van der Waals surface area contributed by atoms with E-state index in [1.54, 1.807) is 12.4 Å². The molecule has 88 valence electrons. The predicted molar refractivity (Wildman–Crippen MR) is 68.3 cm³/mol. The lowest BCUT2D eigenvalue weighted by molar-refractivity contribution is 0.663. The lowest BCUT2D eigenvalue weighted by Gasteiger charge is -2.12. The Balaban J connectivity index is 1.98. The van der Waals surface area contributed by atoms with E-state index in [9.17, 15) is 0 Å². The molecule has 0 amide bonds. The first-order valence-corrected chi connectivity index (χ1v) is 5.59. The molecule has 0 aliphatic rings. The summed E-state index contributed by atoms with van der Waals surface area (Å²) in [7, 11) is 0. The van der Waals surface area contributed by atoms with Gasteiger partial charge in [0, 0.05) is 24.6 Å². The van der Waals surface area contributed by atoms with Gasteiger partial charge in [0.25, 0.3) is 0 Å². The lowest BCUT2D eigenvalue weighted by atomic mass is 10.0. The van der Waals surface area contributed by atoms with Crippen LogP contribution in [0, 0.1) is 0 Å². The second-order valence-electron chi connectivity index (χ2n) is 4.08. The number of nitrogens with two attached hydrogens (primary N) is 2. The highest BCUT2D eigenvalue weighted by atomic mass is 14.8. The fourth-order valence-corrected chi connectivity index (χ4v) is 1.80. The number of nitrogens with zero attached hydrogens (tertiary/aromatic N) is 2. The normalized spacial score (nSPS) is 12.3. The van der Waals surface area contributed by atoms with E-state index in [1.165, 1.54) is 0 Å². The highest BCUT2D eigenvalue weighted by Gasteiger charge is 2.08. The lowest BCUT2D eigenvalue weighted by Crippen LogP contribution is -2.26. The second-order valence-corrected chi connectivity index (χ2v) is 4.08. The van der Waals surface area contributed by atoms with Crippen molar-refractivity contribution < 1.29 is 0 Å². The van der Waals surface area contributed by atoms with Crippen LogP contribution >= 0.6 is 0 Å². The van der Waals surface area contributed by atoms with Crippen molar-refractivity contribution in [3.05, 3.63) is 54.0 Å². The number of anilines is 1. The van der Waals surface area contributed by atoms with Crippen molar-refractivity contribution in [2.45, 2.75) is 18.9 Å². The molecular formula is C13H16N4. The molecule has 2 heterocycles. The van der Waals surface area contributed by atoms with Crippen LogP contribution in [0.2, 0.25) is 0 Å². The van der Waals surface area contributed by atoms with Crippen molar-refractivity contribution in [1.82, 2.24) is 9.97 Å². The molecule has 0 aromatic carbocycles. The smallest absolute Gasteiger partial charge is 0.126 e. The number of aromatic nitrogens is 2. The summed E-state index contributed by atoms with van der Waals surface area (Å²) in [5.41, 5.74) is 14.0. The Kier molecular flexibility index (Phi) is 3.67. The minimum absolute atomic E-state index is 0.0331. The molecule has 0 saturated heterocycles. The van der Waals surface area contributed by atoms with Gasteiger partial charge in [-0.25, -0.2) is 4.98 Å². The maximum Gasteiger partial charge on any atom is 0.126 e. The van der Waals surface area contributed by atoms with Crippen LogP contribution in [0.1, 0.15) is 11.1 Å². The molecule has 4 heteroatoms. The Hall–Kier alpha value is -1.94. The number of nitrogen functional groups attached to an aromatic ring is 1. The number of hydrogen-bond acceptors (Lipinski definition) is 4. The van der Waals surface area contributed by atoms with Crippen LogP contribution in [-0.4, -0.2) is 16.0 Å². The van der Waals surface area contributed by atoms with Gasteiger partial charge in [-0.15, -0.1) is 0 Å². The summed E-state index contributed by atoms with van der Waals surface area (Å²) in [6.07, 6.45) is 6.81. The Labute approximate surface area is 101 Å².